The van der Waals surface area contributed by atoms with E-state index in [0.29, 0.717) is 11.9 Å². The summed E-state index contributed by atoms with van der Waals surface area (Å²) in [4.78, 5) is 0. The molecule has 1 aromatic heterocycles. The van der Waals surface area contributed by atoms with Crippen LogP contribution in [0.15, 0.2) is 28.7 Å². The van der Waals surface area contributed by atoms with Gasteiger partial charge in [0.25, 0.3) is 0 Å². The summed E-state index contributed by atoms with van der Waals surface area (Å²) >= 11 is 0. The van der Waals surface area contributed by atoms with Gasteiger partial charge in [0.15, 0.2) is 0 Å². The van der Waals surface area contributed by atoms with E-state index in [0.717, 1.165) is 30.2 Å². The lowest BCUT2D eigenvalue weighted by molar-refractivity contribution is 0.416. The Morgan fingerprint density at radius 1 is 1.29 bits per heavy atom. The molecular weight excluding hydrogens is 218 g/mol. The summed E-state index contributed by atoms with van der Waals surface area (Å²) < 4.78 is 10.8. The highest BCUT2D eigenvalue weighted by molar-refractivity contribution is 5.61. The summed E-state index contributed by atoms with van der Waals surface area (Å²) in [5.41, 5.74) is 0.820. The quantitative estimate of drug-likeness (QED) is 0.876. The minimum absolute atomic E-state index is 0.413. The number of nitrogens with one attached hydrogen (secondary N) is 1. The van der Waals surface area contributed by atoms with Crippen molar-refractivity contribution in [1.82, 2.24) is 10.2 Å². The first-order chi connectivity index (χ1) is 8.36. The first-order valence-corrected chi connectivity index (χ1v) is 5.60. The Morgan fingerprint density at radius 3 is 2.88 bits per heavy atom. The number of benzene rings is 1. The predicted octanol–water partition coefficient (Wildman–Crippen LogP) is 2.70. The Labute approximate surface area is 98.8 Å². The van der Waals surface area contributed by atoms with Crippen molar-refractivity contribution in [2.75, 3.05) is 12.4 Å². The first-order valence-electron chi connectivity index (χ1n) is 5.60. The van der Waals surface area contributed by atoms with Gasteiger partial charge in [-0.15, -0.1) is 5.10 Å². The van der Waals surface area contributed by atoms with Crippen molar-refractivity contribution in [3.8, 4) is 5.75 Å². The minimum atomic E-state index is 0.413. The van der Waals surface area contributed by atoms with Gasteiger partial charge in [0.1, 0.15) is 5.75 Å². The third kappa shape index (κ3) is 2.08. The van der Waals surface area contributed by atoms with Crippen molar-refractivity contribution >= 4 is 11.7 Å². The molecule has 17 heavy (non-hydrogen) atoms. The van der Waals surface area contributed by atoms with Crippen LogP contribution in [0.5, 0.6) is 5.75 Å². The maximum absolute atomic E-state index is 5.52. The molecule has 88 valence electrons. The molecule has 1 aliphatic rings. The largest absolute Gasteiger partial charge is 0.495 e. The number of hydrogen-bond acceptors (Lipinski definition) is 5. The van der Waals surface area contributed by atoms with Crippen molar-refractivity contribution in [2.45, 2.75) is 18.8 Å². The molecule has 5 heteroatoms. The molecule has 0 amide bonds. The summed E-state index contributed by atoms with van der Waals surface area (Å²) in [6.07, 6.45) is 2.30. The van der Waals surface area contributed by atoms with Crippen LogP contribution < -0.4 is 10.1 Å². The molecule has 0 unspecified atom stereocenters. The van der Waals surface area contributed by atoms with Crippen LogP contribution in [0.25, 0.3) is 0 Å². The Balaban J connectivity index is 1.80. The molecule has 1 aromatic carbocycles. The third-order valence-corrected chi connectivity index (χ3v) is 2.72. The van der Waals surface area contributed by atoms with Crippen LogP contribution in [-0.2, 0) is 0 Å². The van der Waals surface area contributed by atoms with Gasteiger partial charge in [-0.2, -0.15) is 0 Å². The van der Waals surface area contributed by atoms with E-state index in [4.69, 9.17) is 9.15 Å². The lowest BCUT2D eigenvalue weighted by Gasteiger charge is -2.06. The number of nitrogens with zero attached hydrogens (tertiary/aromatic N) is 2. The molecule has 0 aliphatic heterocycles. The Morgan fingerprint density at radius 2 is 2.12 bits per heavy atom. The molecular formula is C12H13N3O2. The number of rotatable bonds is 4. The third-order valence-electron chi connectivity index (χ3n) is 2.72. The Kier molecular flexibility index (Phi) is 2.44. The number of methoxy groups -OCH3 is 1. The van der Waals surface area contributed by atoms with Crippen LogP contribution in [0.1, 0.15) is 24.7 Å². The van der Waals surface area contributed by atoms with Crippen molar-refractivity contribution in [3.05, 3.63) is 30.2 Å². The zero-order valence-electron chi connectivity index (χ0n) is 9.51. The fourth-order valence-corrected chi connectivity index (χ4v) is 1.64. The maximum atomic E-state index is 5.52. The molecule has 1 N–H and O–H groups in total. The van der Waals surface area contributed by atoms with Gasteiger partial charge in [-0.1, -0.05) is 17.2 Å². The topological polar surface area (TPSA) is 60.2 Å². The molecule has 2 aromatic rings. The van der Waals surface area contributed by atoms with Gasteiger partial charge in [0, 0.05) is 5.92 Å². The monoisotopic (exact) mass is 231 g/mol. The van der Waals surface area contributed by atoms with Crippen LogP contribution in [0, 0.1) is 0 Å². The SMILES string of the molecule is COc1ccccc1Nc1nnc(C2CC2)o1. The molecule has 0 radical (unpaired) electrons. The smallest absolute Gasteiger partial charge is 0.320 e. The average Bonchev–Trinajstić information content (AvgIpc) is 3.11. The van der Waals surface area contributed by atoms with E-state index < -0.39 is 0 Å². The van der Waals surface area contributed by atoms with Gasteiger partial charge < -0.3 is 14.5 Å². The number of hydrogen-bond donors (Lipinski definition) is 1. The van der Waals surface area contributed by atoms with Gasteiger partial charge in [0.2, 0.25) is 5.89 Å². The molecule has 1 heterocycles. The van der Waals surface area contributed by atoms with E-state index in [1.807, 2.05) is 24.3 Å². The summed E-state index contributed by atoms with van der Waals surface area (Å²) in [5.74, 6) is 1.94. The van der Waals surface area contributed by atoms with E-state index in [1.165, 1.54) is 0 Å². The Bertz CT molecular complexity index is 520. The minimum Gasteiger partial charge on any atom is -0.495 e. The molecule has 3 rings (SSSR count). The molecule has 5 nitrogen and oxygen atoms in total. The van der Waals surface area contributed by atoms with Crippen molar-refractivity contribution in [2.24, 2.45) is 0 Å². The summed E-state index contributed by atoms with van der Waals surface area (Å²) in [7, 11) is 1.63. The lowest BCUT2D eigenvalue weighted by Crippen LogP contribution is -1.94. The number of anilines is 2. The summed E-state index contributed by atoms with van der Waals surface area (Å²) in [6, 6.07) is 8.02. The number of para-hydroxylation sites is 2. The second kappa shape index (κ2) is 4.08. The highest BCUT2D eigenvalue weighted by Gasteiger charge is 2.29. The van der Waals surface area contributed by atoms with Crippen LogP contribution >= 0.6 is 0 Å². The molecule has 0 saturated heterocycles. The van der Waals surface area contributed by atoms with E-state index in [1.54, 1.807) is 7.11 Å². The molecule has 0 spiro atoms. The van der Waals surface area contributed by atoms with Crippen LogP contribution in [0.2, 0.25) is 0 Å². The van der Waals surface area contributed by atoms with Gasteiger partial charge in [-0.25, -0.2) is 0 Å². The second-order valence-electron chi connectivity index (χ2n) is 4.05. The van der Waals surface area contributed by atoms with Crippen molar-refractivity contribution in [3.63, 3.8) is 0 Å². The first kappa shape index (κ1) is 10.1. The zero-order valence-corrected chi connectivity index (χ0v) is 9.51. The fraction of sp³-hybridized carbons (Fsp3) is 0.333. The van der Waals surface area contributed by atoms with Gasteiger partial charge in [-0.3, -0.25) is 0 Å². The van der Waals surface area contributed by atoms with Crippen molar-refractivity contribution < 1.29 is 9.15 Å². The van der Waals surface area contributed by atoms with Crippen LogP contribution in [0.3, 0.4) is 0 Å². The average molecular weight is 231 g/mol. The lowest BCUT2D eigenvalue weighted by atomic mass is 10.3. The maximum Gasteiger partial charge on any atom is 0.320 e. The van der Waals surface area contributed by atoms with Gasteiger partial charge in [-0.05, 0) is 25.0 Å². The predicted molar refractivity (Wildman–Crippen MR) is 62.5 cm³/mol. The van der Waals surface area contributed by atoms with Crippen LogP contribution in [-0.4, -0.2) is 17.3 Å². The van der Waals surface area contributed by atoms with E-state index in [2.05, 4.69) is 15.5 Å². The highest BCUT2D eigenvalue weighted by atomic mass is 16.5. The number of ether oxygens (including phenoxy) is 1. The standard InChI is InChI=1S/C12H13N3O2/c1-16-10-5-3-2-4-9(10)13-12-15-14-11(17-12)8-6-7-8/h2-5,8H,6-7H2,1H3,(H,13,15). The normalized spacial score (nSPS) is 14.6. The van der Waals surface area contributed by atoms with E-state index in [9.17, 15) is 0 Å². The molecule has 1 aliphatic carbocycles. The fourth-order valence-electron chi connectivity index (χ4n) is 1.64. The molecule has 1 saturated carbocycles. The number of aromatic nitrogens is 2. The van der Waals surface area contributed by atoms with E-state index >= 15 is 0 Å². The Hall–Kier alpha value is -2.04. The van der Waals surface area contributed by atoms with Gasteiger partial charge >= 0.3 is 6.01 Å². The molecule has 0 bridgehead atoms. The zero-order chi connectivity index (χ0) is 11.7. The summed E-state index contributed by atoms with van der Waals surface area (Å²) in [5, 5.41) is 11.0. The molecule has 0 atom stereocenters. The second-order valence-corrected chi connectivity index (χ2v) is 4.05. The van der Waals surface area contributed by atoms with Gasteiger partial charge in [0.05, 0.1) is 12.8 Å². The summed E-state index contributed by atoms with van der Waals surface area (Å²) in [6.45, 7) is 0. The van der Waals surface area contributed by atoms with Crippen molar-refractivity contribution in [1.29, 1.82) is 0 Å². The highest BCUT2D eigenvalue weighted by Crippen LogP contribution is 2.39. The van der Waals surface area contributed by atoms with E-state index in [-0.39, 0.29) is 0 Å². The molecule has 1 fully saturated rings. The van der Waals surface area contributed by atoms with Crippen LogP contribution in [0.4, 0.5) is 11.7 Å².